The lowest BCUT2D eigenvalue weighted by molar-refractivity contribution is -0.139. The summed E-state index contributed by atoms with van der Waals surface area (Å²) in [6.45, 7) is -0.180. The summed E-state index contributed by atoms with van der Waals surface area (Å²) in [6.07, 6.45) is -3.97. The first-order valence-electron chi connectivity index (χ1n) is 5.33. The maximum atomic E-state index is 12.7. The fourth-order valence-corrected chi connectivity index (χ4v) is 1.51. The molecule has 0 spiro atoms. The zero-order chi connectivity index (χ0) is 13.9. The van der Waals surface area contributed by atoms with Gasteiger partial charge in [-0.15, -0.1) is 0 Å². The first-order valence-corrected chi connectivity index (χ1v) is 5.33. The van der Waals surface area contributed by atoms with E-state index in [0.717, 1.165) is 6.07 Å². The zero-order valence-corrected chi connectivity index (χ0v) is 9.61. The molecule has 0 amide bonds. The monoisotopic (exact) mass is 270 g/mol. The van der Waals surface area contributed by atoms with Crippen molar-refractivity contribution in [2.75, 3.05) is 0 Å². The van der Waals surface area contributed by atoms with Crippen molar-refractivity contribution in [2.45, 2.75) is 12.8 Å². The molecular formula is C13H9F3O3. The van der Waals surface area contributed by atoms with E-state index >= 15 is 0 Å². The predicted molar refractivity (Wildman–Crippen MR) is 59.9 cm³/mol. The van der Waals surface area contributed by atoms with Gasteiger partial charge in [0.25, 0.3) is 0 Å². The lowest BCUT2D eigenvalue weighted by atomic mass is 10.2. The van der Waals surface area contributed by atoms with E-state index in [1.54, 1.807) is 0 Å². The van der Waals surface area contributed by atoms with Crippen LogP contribution in [-0.4, -0.2) is 6.29 Å². The molecule has 1 heterocycles. The van der Waals surface area contributed by atoms with Gasteiger partial charge in [0.2, 0.25) is 0 Å². The third-order valence-corrected chi connectivity index (χ3v) is 2.36. The van der Waals surface area contributed by atoms with Crippen molar-refractivity contribution in [3.63, 3.8) is 0 Å². The van der Waals surface area contributed by atoms with Crippen LogP contribution >= 0.6 is 0 Å². The second-order valence-electron chi connectivity index (χ2n) is 3.70. The van der Waals surface area contributed by atoms with Crippen LogP contribution in [0.3, 0.4) is 0 Å². The van der Waals surface area contributed by atoms with Crippen LogP contribution in [0.15, 0.2) is 40.8 Å². The van der Waals surface area contributed by atoms with Crippen molar-refractivity contribution < 1.29 is 27.1 Å². The molecule has 0 fully saturated rings. The Bertz CT molecular complexity index is 573. The Labute approximate surface area is 106 Å². The molecule has 3 nitrogen and oxygen atoms in total. The van der Waals surface area contributed by atoms with E-state index in [4.69, 9.17) is 9.15 Å². The minimum absolute atomic E-state index is 0.0997. The third kappa shape index (κ3) is 3.15. The summed E-state index contributed by atoms with van der Waals surface area (Å²) >= 11 is 0. The van der Waals surface area contributed by atoms with E-state index in [9.17, 15) is 18.0 Å². The van der Waals surface area contributed by atoms with Crippen LogP contribution in [0, 0.1) is 0 Å². The Hall–Kier alpha value is -2.24. The molecule has 1 aromatic carbocycles. The molecule has 100 valence electrons. The number of ether oxygens (including phenoxy) is 1. The van der Waals surface area contributed by atoms with E-state index in [0.29, 0.717) is 6.29 Å². The van der Waals surface area contributed by atoms with Crippen molar-refractivity contribution in [1.82, 2.24) is 0 Å². The number of para-hydroxylation sites is 1. The van der Waals surface area contributed by atoms with E-state index in [2.05, 4.69) is 0 Å². The van der Waals surface area contributed by atoms with Gasteiger partial charge < -0.3 is 9.15 Å². The highest BCUT2D eigenvalue weighted by atomic mass is 19.4. The lowest BCUT2D eigenvalue weighted by Crippen LogP contribution is -2.08. The predicted octanol–water partition coefficient (Wildman–Crippen LogP) is 3.69. The van der Waals surface area contributed by atoms with Crippen LogP contribution in [0.5, 0.6) is 5.75 Å². The van der Waals surface area contributed by atoms with Gasteiger partial charge in [-0.2, -0.15) is 13.2 Å². The van der Waals surface area contributed by atoms with Gasteiger partial charge >= 0.3 is 6.18 Å². The van der Waals surface area contributed by atoms with Gasteiger partial charge in [0.05, 0.1) is 5.56 Å². The van der Waals surface area contributed by atoms with Gasteiger partial charge in [-0.3, -0.25) is 4.79 Å². The number of benzene rings is 1. The molecular weight excluding hydrogens is 261 g/mol. The molecule has 0 unspecified atom stereocenters. The quantitative estimate of drug-likeness (QED) is 0.795. The summed E-state index contributed by atoms with van der Waals surface area (Å²) in [5, 5.41) is 0. The second kappa shape index (κ2) is 5.17. The van der Waals surface area contributed by atoms with Crippen molar-refractivity contribution in [3.8, 4) is 5.75 Å². The Morgan fingerprint density at radius 1 is 1.16 bits per heavy atom. The Kier molecular flexibility index (Phi) is 3.59. The van der Waals surface area contributed by atoms with Crippen molar-refractivity contribution in [2.24, 2.45) is 0 Å². The molecule has 0 bridgehead atoms. The fraction of sp³-hybridized carbons (Fsp3) is 0.154. The first-order chi connectivity index (χ1) is 9.00. The molecule has 19 heavy (non-hydrogen) atoms. The summed E-state index contributed by atoms with van der Waals surface area (Å²) in [7, 11) is 0. The molecule has 0 aliphatic carbocycles. The summed E-state index contributed by atoms with van der Waals surface area (Å²) in [5.41, 5.74) is -0.850. The largest absolute Gasteiger partial charge is 0.485 e. The smallest absolute Gasteiger partial charge is 0.419 e. The van der Waals surface area contributed by atoms with Gasteiger partial charge in [-0.05, 0) is 24.3 Å². The topological polar surface area (TPSA) is 39.4 Å². The van der Waals surface area contributed by atoms with Crippen LogP contribution in [0.4, 0.5) is 13.2 Å². The Balaban J connectivity index is 2.13. The minimum atomic E-state index is -4.48. The number of carbonyl (C=O) groups excluding carboxylic acids is 1. The highest BCUT2D eigenvalue weighted by Gasteiger charge is 2.34. The maximum Gasteiger partial charge on any atom is 0.419 e. The summed E-state index contributed by atoms with van der Waals surface area (Å²) in [6, 6.07) is 7.79. The standard InChI is InChI=1S/C13H9F3O3/c14-13(15,16)11-3-1-2-4-12(11)18-8-10-6-5-9(7-17)19-10/h1-7H,8H2. The third-order valence-electron chi connectivity index (χ3n) is 2.36. The van der Waals surface area contributed by atoms with Gasteiger partial charge in [0.15, 0.2) is 12.0 Å². The normalized spacial score (nSPS) is 11.3. The van der Waals surface area contributed by atoms with Crippen LogP contribution in [0.2, 0.25) is 0 Å². The highest BCUT2D eigenvalue weighted by Crippen LogP contribution is 2.36. The molecule has 6 heteroatoms. The molecule has 0 atom stereocenters. The molecule has 0 saturated heterocycles. The maximum absolute atomic E-state index is 12.7. The molecule has 0 aliphatic heterocycles. The van der Waals surface area contributed by atoms with Gasteiger partial charge in [-0.25, -0.2) is 0 Å². The molecule has 1 aromatic heterocycles. The molecule has 0 N–H and O–H groups in total. The number of furan rings is 1. The molecule has 0 saturated carbocycles. The SMILES string of the molecule is O=Cc1ccc(COc2ccccc2C(F)(F)F)o1. The number of aldehydes is 1. The Morgan fingerprint density at radius 2 is 1.89 bits per heavy atom. The van der Waals surface area contributed by atoms with Crippen molar-refractivity contribution in [3.05, 3.63) is 53.5 Å². The number of alkyl halides is 3. The number of hydrogen-bond acceptors (Lipinski definition) is 3. The van der Waals surface area contributed by atoms with E-state index < -0.39 is 11.7 Å². The van der Waals surface area contributed by atoms with Crippen LogP contribution in [0.1, 0.15) is 21.9 Å². The number of hydrogen-bond donors (Lipinski definition) is 0. The molecule has 0 aliphatic rings. The number of carbonyl (C=O) groups is 1. The molecule has 2 rings (SSSR count). The fourth-order valence-electron chi connectivity index (χ4n) is 1.51. The zero-order valence-electron chi connectivity index (χ0n) is 9.61. The van der Waals surface area contributed by atoms with Crippen LogP contribution < -0.4 is 4.74 Å². The molecule has 0 radical (unpaired) electrons. The number of halogens is 3. The average molecular weight is 270 g/mol. The Morgan fingerprint density at radius 3 is 2.53 bits per heavy atom. The highest BCUT2D eigenvalue weighted by molar-refractivity contribution is 5.70. The first kappa shape index (κ1) is 13.2. The number of rotatable bonds is 4. The van der Waals surface area contributed by atoms with E-state index in [1.807, 2.05) is 0 Å². The summed E-state index contributed by atoms with van der Waals surface area (Å²) in [5.74, 6) is 0.0980. The van der Waals surface area contributed by atoms with Gasteiger partial charge in [0.1, 0.15) is 18.1 Å². The van der Waals surface area contributed by atoms with Gasteiger partial charge in [-0.1, -0.05) is 12.1 Å². The van der Waals surface area contributed by atoms with Crippen molar-refractivity contribution in [1.29, 1.82) is 0 Å². The molecule has 2 aromatic rings. The average Bonchev–Trinajstić information content (AvgIpc) is 2.83. The minimum Gasteiger partial charge on any atom is -0.485 e. The van der Waals surface area contributed by atoms with Crippen LogP contribution in [-0.2, 0) is 12.8 Å². The van der Waals surface area contributed by atoms with Gasteiger partial charge in [0, 0.05) is 0 Å². The van der Waals surface area contributed by atoms with E-state index in [-0.39, 0.29) is 23.9 Å². The van der Waals surface area contributed by atoms with Crippen LogP contribution in [0.25, 0.3) is 0 Å². The van der Waals surface area contributed by atoms with Crippen molar-refractivity contribution >= 4 is 6.29 Å². The summed E-state index contributed by atoms with van der Waals surface area (Å²) in [4.78, 5) is 10.4. The van der Waals surface area contributed by atoms with E-state index in [1.165, 1.54) is 30.3 Å². The lowest BCUT2D eigenvalue weighted by Gasteiger charge is -2.12. The second-order valence-corrected chi connectivity index (χ2v) is 3.70. The summed E-state index contributed by atoms with van der Waals surface area (Å²) < 4.78 is 48.1.